The van der Waals surface area contributed by atoms with Gasteiger partial charge in [0.1, 0.15) is 0 Å². The molecule has 0 unspecified atom stereocenters. The van der Waals surface area contributed by atoms with Crippen molar-refractivity contribution in [1.82, 2.24) is 15.1 Å². The smallest absolute Gasteiger partial charge is 0.0766 e. The predicted molar refractivity (Wildman–Crippen MR) is 88.1 cm³/mol. The Balaban J connectivity index is 2.28. The maximum Gasteiger partial charge on any atom is 0.0766 e. The Morgan fingerprint density at radius 1 is 1.25 bits per heavy atom. The molecule has 1 heterocycles. The molecule has 1 fully saturated rings. The second-order valence-corrected chi connectivity index (χ2v) is 6.94. The van der Waals surface area contributed by atoms with E-state index < -0.39 is 0 Å². The minimum atomic E-state index is 0.424. The first-order valence-corrected chi connectivity index (χ1v) is 8.83. The third-order valence-electron chi connectivity index (χ3n) is 4.70. The summed E-state index contributed by atoms with van der Waals surface area (Å²) in [6.07, 6.45) is 8.99. The first kappa shape index (κ1) is 16.0. The quantitative estimate of drug-likeness (QED) is 0.849. The van der Waals surface area contributed by atoms with Gasteiger partial charge in [-0.3, -0.25) is 4.68 Å². The molecule has 0 aromatic carbocycles. The Morgan fingerprint density at radius 3 is 2.50 bits per heavy atom. The summed E-state index contributed by atoms with van der Waals surface area (Å²) < 4.78 is 3.46. The molecule has 0 radical (unpaired) electrons. The Morgan fingerprint density at radius 2 is 1.95 bits per heavy atom. The van der Waals surface area contributed by atoms with Crippen LogP contribution in [0.3, 0.4) is 0 Å². The van der Waals surface area contributed by atoms with Crippen molar-refractivity contribution in [2.75, 3.05) is 13.6 Å². The van der Waals surface area contributed by atoms with E-state index in [2.05, 4.69) is 46.8 Å². The Labute approximate surface area is 131 Å². The average molecular weight is 342 g/mol. The van der Waals surface area contributed by atoms with Crippen LogP contribution in [0.4, 0.5) is 0 Å². The molecule has 0 bridgehead atoms. The highest BCUT2D eigenvalue weighted by atomic mass is 79.9. The summed E-state index contributed by atoms with van der Waals surface area (Å²) in [6.45, 7) is 6.45. The summed E-state index contributed by atoms with van der Waals surface area (Å²) in [5.41, 5.74) is 3.03. The Kier molecular flexibility index (Phi) is 5.67. The highest BCUT2D eigenvalue weighted by Crippen LogP contribution is 2.40. The first-order chi connectivity index (χ1) is 9.65. The van der Waals surface area contributed by atoms with Crippen molar-refractivity contribution in [1.29, 1.82) is 0 Å². The van der Waals surface area contributed by atoms with E-state index in [1.165, 1.54) is 48.0 Å². The van der Waals surface area contributed by atoms with Crippen LogP contribution >= 0.6 is 15.9 Å². The van der Waals surface area contributed by atoms with E-state index in [1.54, 1.807) is 0 Å². The number of aryl methyl sites for hydroxylation is 2. The van der Waals surface area contributed by atoms with E-state index in [0.29, 0.717) is 5.41 Å². The van der Waals surface area contributed by atoms with E-state index in [0.717, 1.165) is 25.9 Å². The predicted octanol–water partition coefficient (Wildman–Crippen LogP) is 3.94. The largest absolute Gasteiger partial charge is 0.319 e. The second-order valence-electron chi connectivity index (χ2n) is 6.14. The van der Waals surface area contributed by atoms with Gasteiger partial charge in [0.15, 0.2) is 0 Å². The number of nitrogens with one attached hydrogen (secondary N) is 1. The number of halogens is 1. The average Bonchev–Trinajstić information content (AvgIpc) is 2.76. The number of aromatic nitrogens is 2. The van der Waals surface area contributed by atoms with Crippen LogP contribution in [0.5, 0.6) is 0 Å². The van der Waals surface area contributed by atoms with Crippen molar-refractivity contribution in [3.63, 3.8) is 0 Å². The monoisotopic (exact) mass is 341 g/mol. The van der Waals surface area contributed by atoms with Gasteiger partial charge in [0.05, 0.1) is 15.9 Å². The fourth-order valence-corrected chi connectivity index (χ4v) is 4.34. The number of rotatable bonds is 6. The molecule has 1 aromatic heterocycles. The van der Waals surface area contributed by atoms with Crippen LogP contribution in [0.15, 0.2) is 4.47 Å². The number of hydrogen-bond donors (Lipinski definition) is 1. The van der Waals surface area contributed by atoms with Crippen molar-refractivity contribution in [3.05, 3.63) is 15.9 Å². The minimum Gasteiger partial charge on any atom is -0.319 e. The van der Waals surface area contributed by atoms with Gasteiger partial charge < -0.3 is 5.32 Å². The maximum absolute atomic E-state index is 4.75. The van der Waals surface area contributed by atoms with Crippen LogP contribution in [0.2, 0.25) is 0 Å². The van der Waals surface area contributed by atoms with Gasteiger partial charge in [-0.2, -0.15) is 5.10 Å². The van der Waals surface area contributed by atoms with Gasteiger partial charge in [-0.15, -0.1) is 0 Å². The van der Waals surface area contributed by atoms with Crippen LogP contribution in [-0.4, -0.2) is 23.4 Å². The summed E-state index contributed by atoms with van der Waals surface area (Å²) >= 11 is 3.80. The zero-order valence-electron chi connectivity index (χ0n) is 13.1. The van der Waals surface area contributed by atoms with E-state index in [4.69, 9.17) is 5.10 Å². The van der Waals surface area contributed by atoms with Crippen molar-refractivity contribution in [3.8, 4) is 0 Å². The SMILES string of the molecule is CCc1nn(CC)c(CC2(CNC)CCCCC2)c1Br. The van der Waals surface area contributed by atoms with Gasteiger partial charge in [-0.1, -0.05) is 26.2 Å². The molecule has 1 aliphatic carbocycles. The van der Waals surface area contributed by atoms with E-state index in [1.807, 2.05) is 0 Å². The zero-order valence-corrected chi connectivity index (χ0v) is 14.7. The molecule has 1 aliphatic rings. The molecule has 114 valence electrons. The van der Waals surface area contributed by atoms with E-state index >= 15 is 0 Å². The third kappa shape index (κ3) is 3.28. The summed E-state index contributed by atoms with van der Waals surface area (Å²) in [6, 6.07) is 0. The fraction of sp³-hybridized carbons (Fsp3) is 0.812. The molecule has 0 spiro atoms. The molecule has 4 heteroatoms. The maximum atomic E-state index is 4.75. The first-order valence-electron chi connectivity index (χ1n) is 8.04. The molecule has 0 amide bonds. The van der Waals surface area contributed by atoms with Crippen molar-refractivity contribution in [2.24, 2.45) is 5.41 Å². The van der Waals surface area contributed by atoms with Gasteiger partial charge in [-0.05, 0) is 61.0 Å². The Bertz CT molecular complexity index is 428. The van der Waals surface area contributed by atoms with Gasteiger partial charge in [-0.25, -0.2) is 0 Å². The van der Waals surface area contributed by atoms with Crippen molar-refractivity contribution in [2.45, 2.75) is 65.3 Å². The molecule has 0 aliphatic heterocycles. The van der Waals surface area contributed by atoms with Crippen LogP contribution in [0.25, 0.3) is 0 Å². The van der Waals surface area contributed by atoms with E-state index in [9.17, 15) is 0 Å². The topological polar surface area (TPSA) is 29.9 Å². The normalized spacial score (nSPS) is 18.4. The molecule has 1 saturated carbocycles. The summed E-state index contributed by atoms with van der Waals surface area (Å²) in [5, 5.41) is 8.18. The summed E-state index contributed by atoms with van der Waals surface area (Å²) in [7, 11) is 2.08. The molecule has 20 heavy (non-hydrogen) atoms. The van der Waals surface area contributed by atoms with Crippen LogP contribution in [0, 0.1) is 5.41 Å². The standard InChI is InChI=1S/C16H28BrN3/c1-4-13-15(17)14(20(5-2)19-13)11-16(12-18-3)9-7-6-8-10-16/h18H,4-12H2,1-3H3. The zero-order chi connectivity index (χ0) is 14.6. The summed E-state index contributed by atoms with van der Waals surface area (Å²) in [5.74, 6) is 0. The molecular weight excluding hydrogens is 314 g/mol. The third-order valence-corrected chi connectivity index (χ3v) is 5.62. The number of nitrogens with zero attached hydrogens (tertiary/aromatic N) is 2. The lowest BCUT2D eigenvalue weighted by Gasteiger charge is -2.37. The van der Waals surface area contributed by atoms with Gasteiger partial charge in [0.25, 0.3) is 0 Å². The van der Waals surface area contributed by atoms with Crippen molar-refractivity contribution < 1.29 is 0 Å². The second kappa shape index (κ2) is 7.08. The lowest BCUT2D eigenvalue weighted by atomic mass is 9.71. The highest BCUT2D eigenvalue weighted by Gasteiger charge is 2.33. The highest BCUT2D eigenvalue weighted by molar-refractivity contribution is 9.10. The van der Waals surface area contributed by atoms with Gasteiger partial charge in [0, 0.05) is 13.1 Å². The summed E-state index contributed by atoms with van der Waals surface area (Å²) in [4.78, 5) is 0. The van der Waals surface area contributed by atoms with Crippen molar-refractivity contribution >= 4 is 15.9 Å². The molecule has 1 aromatic rings. The minimum absolute atomic E-state index is 0.424. The fourth-order valence-electron chi connectivity index (χ4n) is 3.63. The molecular formula is C16H28BrN3. The lowest BCUT2D eigenvalue weighted by molar-refractivity contribution is 0.180. The molecule has 3 nitrogen and oxygen atoms in total. The molecule has 1 N–H and O–H groups in total. The molecule has 2 rings (SSSR count). The van der Waals surface area contributed by atoms with E-state index in [-0.39, 0.29) is 0 Å². The number of hydrogen-bond acceptors (Lipinski definition) is 2. The van der Waals surface area contributed by atoms with Crippen LogP contribution in [-0.2, 0) is 19.4 Å². The molecule has 0 atom stereocenters. The van der Waals surface area contributed by atoms with Gasteiger partial charge >= 0.3 is 0 Å². The lowest BCUT2D eigenvalue weighted by Crippen LogP contribution is -2.37. The molecule has 0 saturated heterocycles. The van der Waals surface area contributed by atoms with Crippen LogP contribution < -0.4 is 5.32 Å². The van der Waals surface area contributed by atoms with Crippen LogP contribution in [0.1, 0.15) is 57.3 Å². The van der Waals surface area contributed by atoms with Gasteiger partial charge in [0.2, 0.25) is 0 Å². The Hall–Kier alpha value is -0.350.